The summed E-state index contributed by atoms with van der Waals surface area (Å²) in [6.45, 7) is 2.43. The zero-order valence-electron chi connectivity index (χ0n) is 19.4. The molecular formula is C27H21BrN2O5S. The highest BCUT2D eigenvalue weighted by atomic mass is 79.9. The van der Waals surface area contributed by atoms with Gasteiger partial charge in [0.15, 0.2) is 5.13 Å². The largest absolute Gasteiger partial charge is 0.507 e. The number of carbonyl (C=O) groups is 2. The number of halogens is 1. The molecule has 2 heterocycles. The van der Waals surface area contributed by atoms with Crippen molar-refractivity contribution in [2.75, 3.05) is 18.6 Å². The van der Waals surface area contributed by atoms with Crippen LogP contribution in [0.5, 0.6) is 11.5 Å². The van der Waals surface area contributed by atoms with Crippen molar-refractivity contribution >= 4 is 60.1 Å². The van der Waals surface area contributed by atoms with Crippen molar-refractivity contribution in [1.82, 2.24) is 4.98 Å². The fraction of sp³-hybridized carbons (Fsp3) is 0.148. The Morgan fingerprint density at radius 2 is 1.75 bits per heavy atom. The third kappa shape index (κ3) is 4.25. The molecular weight excluding hydrogens is 544 g/mol. The molecule has 1 aliphatic rings. The van der Waals surface area contributed by atoms with Crippen LogP contribution in [0.25, 0.3) is 16.0 Å². The predicted octanol–water partition coefficient (Wildman–Crippen LogP) is 6.09. The van der Waals surface area contributed by atoms with E-state index in [-0.39, 0.29) is 11.3 Å². The van der Waals surface area contributed by atoms with Crippen LogP contribution in [0.3, 0.4) is 0 Å². The molecule has 1 fully saturated rings. The second kappa shape index (κ2) is 9.75. The van der Waals surface area contributed by atoms with Crippen LogP contribution < -0.4 is 14.4 Å². The van der Waals surface area contributed by atoms with Crippen molar-refractivity contribution in [2.45, 2.75) is 13.0 Å². The zero-order valence-corrected chi connectivity index (χ0v) is 21.8. The number of thiazole rings is 1. The number of aromatic nitrogens is 1. The Kier molecular flexibility index (Phi) is 6.51. The molecule has 1 saturated heterocycles. The molecule has 7 nitrogen and oxygen atoms in total. The molecule has 0 radical (unpaired) electrons. The monoisotopic (exact) mass is 564 g/mol. The van der Waals surface area contributed by atoms with Gasteiger partial charge in [-0.25, -0.2) is 4.98 Å². The van der Waals surface area contributed by atoms with E-state index in [1.165, 1.54) is 16.2 Å². The molecule has 182 valence electrons. The fourth-order valence-corrected chi connectivity index (χ4v) is 5.43. The Bertz CT molecular complexity index is 1500. The third-order valence-corrected chi connectivity index (χ3v) is 7.41. The maximum Gasteiger partial charge on any atom is 0.301 e. The lowest BCUT2D eigenvalue weighted by Crippen LogP contribution is -2.29. The number of fused-ring (bicyclic) bond motifs is 1. The molecule has 0 saturated carbocycles. The maximum absolute atomic E-state index is 13.4. The van der Waals surface area contributed by atoms with Gasteiger partial charge in [-0.1, -0.05) is 39.4 Å². The number of anilines is 1. The Morgan fingerprint density at radius 1 is 1.06 bits per heavy atom. The van der Waals surface area contributed by atoms with Gasteiger partial charge in [0.2, 0.25) is 0 Å². The van der Waals surface area contributed by atoms with Gasteiger partial charge < -0.3 is 14.6 Å². The summed E-state index contributed by atoms with van der Waals surface area (Å²) in [6.07, 6.45) is 0. The SMILES string of the molecule is CCOc1ccc2nc(N3C(=O)C(=O)C(=C(O)c4ccc(OC)cc4)[C@@H]3c3ccc(Br)cc3)sc2c1. The summed E-state index contributed by atoms with van der Waals surface area (Å²) in [7, 11) is 1.54. The van der Waals surface area contributed by atoms with Gasteiger partial charge in [0.25, 0.3) is 5.78 Å². The number of nitrogens with zero attached hydrogens (tertiary/aromatic N) is 2. The minimum atomic E-state index is -0.855. The van der Waals surface area contributed by atoms with Crippen LogP contribution in [-0.4, -0.2) is 35.5 Å². The van der Waals surface area contributed by atoms with E-state index in [9.17, 15) is 14.7 Å². The topological polar surface area (TPSA) is 89.0 Å². The lowest BCUT2D eigenvalue weighted by atomic mass is 9.95. The quantitative estimate of drug-likeness (QED) is 0.173. The summed E-state index contributed by atoms with van der Waals surface area (Å²) in [4.78, 5) is 32.8. The second-order valence-corrected chi connectivity index (χ2v) is 9.93. The molecule has 3 aromatic carbocycles. The molecule has 0 aliphatic carbocycles. The normalized spacial score (nSPS) is 17.1. The minimum absolute atomic E-state index is 0.00162. The molecule has 4 aromatic rings. The lowest BCUT2D eigenvalue weighted by molar-refractivity contribution is -0.132. The summed E-state index contributed by atoms with van der Waals surface area (Å²) in [5.74, 6) is -0.470. The molecule has 0 unspecified atom stereocenters. The highest BCUT2D eigenvalue weighted by molar-refractivity contribution is 9.10. The maximum atomic E-state index is 13.4. The number of benzene rings is 3. The molecule has 1 N–H and O–H groups in total. The number of ketones is 1. The molecule has 0 spiro atoms. The molecule has 1 aromatic heterocycles. The van der Waals surface area contributed by atoms with E-state index >= 15 is 0 Å². The van der Waals surface area contributed by atoms with Crippen LogP contribution in [-0.2, 0) is 9.59 Å². The number of rotatable bonds is 6. The van der Waals surface area contributed by atoms with Gasteiger partial charge >= 0.3 is 5.91 Å². The third-order valence-electron chi connectivity index (χ3n) is 5.86. The first kappa shape index (κ1) is 24.0. The predicted molar refractivity (Wildman–Crippen MR) is 143 cm³/mol. The van der Waals surface area contributed by atoms with Crippen LogP contribution in [0.4, 0.5) is 5.13 Å². The van der Waals surface area contributed by atoms with Crippen molar-refractivity contribution in [2.24, 2.45) is 0 Å². The van der Waals surface area contributed by atoms with Gasteiger partial charge in [-0.3, -0.25) is 14.5 Å². The Labute approximate surface area is 219 Å². The number of aliphatic hydroxyl groups excluding tert-OH is 1. The van der Waals surface area contributed by atoms with Crippen molar-refractivity contribution in [3.63, 3.8) is 0 Å². The first-order chi connectivity index (χ1) is 17.4. The molecule has 1 aliphatic heterocycles. The lowest BCUT2D eigenvalue weighted by Gasteiger charge is -2.23. The molecule has 0 bridgehead atoms. The zero-order chi connectivity index (χ0) is 25.4. The Balaban J connectivity index is 1.67. The van der Waals surface area contributed by atoms with Crippen molar-refractivity contribution in [1.29, 1.82) is 0 Å². The van der Waals surface area contributed by atoms with Gasteiger partial charge in [-0.15, -0.1) is 0 Å². The van der Waals surface area contributed by atoms with Gasteiger partial charge in [-0.2, -0.15) is 0 Å². The second-order valence-electron chi connectivity index (χ2n) is 8.01. The number of carbonyl (C=O) groups excluding carboxylic acids is 2. The van der Waals surface area contributed by atoms with E-state index in [1.54, 1.807) is 31.4 Å². The standard InChI is InChI=1S/C27H21BrN2O5S/c1-3-35-19-12-13-20-21(14-19)36-27(29-20)30-23(15-4-8-17(28)9-5-15)22(25(32)26(30)33)24(31)16-6-10-18(34-2)11-7-16/h4-14,23,31H,3H2,1-2H3/t23-/m0/s1. The number of ether oxygens (including phenoxy) is 2. The molecule has 5 rings (SSSR count). The van der Waals surface area contributed by atoms with Crippen LogP contribution >= 0.6 is 27.3 Å². The number of hydrogen-bond acceptors (Lipinski definition) is 7. The number of Topliss-reactive ketones (excluding diaryl/α,β-unsaturated/α-hetero) is 1. The Hall–Kier alpha value is -3.69. The summed E-state index contributed by atoms with van der Waals surface area (Å²) in [5, 5.41) is 11.6. The molecule has 1 atom stereocenters. The first-order valence-corrected chi connectivity index (χ1v) is 12.8. The molecule has 36 heavy (non-hydrogen) atoms. The van der Waals surface area contributed by atoms with E-state index in [2.05, 4.69) is 20.9 Å². The average Bonchev–Trinajstić information content (AvgIpc) is 3.42. The van der Waals surface area contributed by atoms with Gasteiger partial charge in [0.05, 0.1) is 35.5 Å². The van der Waals surface area contributed by atoms with Crippen LogP contribution in [0.2, 0.25) is 0 Å². The molecule has 9 heteroatoms. The highest BCUT2D eigenvalue weighted by Crippen LogP contribution is 2.44. The van der Waals surface area contributed by atoms with E-state index in [4.69, 9.17) is 9.47 Å². The minimum Gasteiger partial charge on any atom is -0.507 e. The van der Waals surface area contributed by atoms with Gasteiger partial charge in [0, 0.05) is 10.0 Å². The van der Waals surface area contributed by atoms with Crippen molar-refractivity contribution in [3.8, 4) is 11.5 Å². The van der Waals surface area contributed by atoms with E-state index in [0.29, 0.717) is 39.9 Å². The van der Waals surface area contributed by atoms with Gasteiger partial charge in [-0.05, 0) is 67.1 Å². The van der Waals surface area contributed by atoms with Gasteiger partial charge in [0.1, 0.15) is 17.3 Å². The summed E-state index contributed by atoms with van der Waals surface area (Å²) in [5.41, 5.74) is 1.76. The number of aliphatic hydroxyl groups is 1. The van der Waals surface area contributed by atoms with Crippen LogP contribution in [0, 0.1) is 0 Å². The average molecular weight is 565 g/mol. The van der Waals surface area contributed by atoms with Crippen molar-refractivity contribution in [3.05, 3.63) is 87.9 Å². The van der Waals surface area contributed by atoms with E-state index in [0.717, 1.165) is 9.17 Å². The number of hydrogen-bond donors (Lipinski definition) is 1. The highest BCUT2D eigenvalue weighted by Gasteiger charge is 2.48. The van der Waals surface area contributed by atoms with Crippen LogP contribution in [0.15, 0.2) is 76.8 Å². The van der Waals surface area contributed by atoms with E-state index < -0.39 is 17.7 Å². The summed E-state index contributed by atoms with van der Waals surface area (Å²) >= 11 is 4.72. The number of amides is 1. The summed E-state index contributed by atoms with van der Waals surface area (Å²) in [6, 6.07) is 18.6. The Morgan fingerprint density at radius 3 is 2.42 bits per heavy atom. The van der Waals surface area contributed by atoms with Crippen molar-refractivity contribution < 1.29 is 24.2 Å². The smallest absolute Gasteiger partial charge is 0.301 e. The van der Waals surface area contributed by atoms with Crippen LogP contribution in [0.1, 0.15) is 24.1 Å². The molecule has 1 amide bonds. The fourth-order valence-electron chi connectivity index (χ4n) is 4.15. The number of methoxy groups -OCH3 is 1. The van der Waals surface area contributed by atoms with E-state index in [1.807, 2.05) is 49.4 Å². The summed E-state index contributed by atoms with van der Waals surface area (Å²) < 4.78 is 12.5. The first-order valence-electron chi connectivity index (χ1n) is 11.2.